The van der Waals surface area contributed by atoms with E-state index in [9.17, 15) is 4.79 Å². The maximum Gasteiger partial charge on any atom is 0.343 e. The summed E-state index contributed by atoms with van der Waals surface area (Å²) in [6.07, 6.45) is 1.62. The van der Waals surface area contributed by atoms with E-state index in [1.54, 1.807) is 42.6 Å². The van der Waals surface area contributed by atoms with E-state index in [0.717, 1.165) is 11.1 Å². The van der Waals surface area contributed by atoms with Gasteiger partial charge in [-0.2, -0.15) is 5.10 Å². The molecule has 1 N–H and O–H groups in total. The quantitative estimate of drug-likeness (QED) is 0.418. The maximum absolute atomic E-state index is 11.2. The molecule has 26 heavy (non-hydrogen) atoms. The van der Waals surface area contributed by atoms with Crippen LogP contribution in [0.2, 0.25) is 10.0 Å². The number of hydrazone groups is 1. The van der Waals surface area contributed by atoms with Gasteiger partial charge in [0.25, 0.3) is 0 Å². The van der Waals surface area contributed by atoms with Gasteiger partial charge in [-0.15, -0.1) is 0 Å². The van der Waals surface area contributed by atoms with E-state index in [1.165, 1.54) is 14.2 Å². The number of carbonyl (C=O) groups excluding carboxylic acids is 1. The molecule has 0 heterocycles. The first kappa shape index (κ1) is 19.9. The van der Waals surface area contributed by atoms with Crippen molar-refractivity contribution >= 4 is 35.4 Å². The second-order valence-electron chi connectivity index (χ2n) is 5.07. The van der Waals surface area contributed by atoms with Crippen molar-refractivity contribution < 1.29 is 19.0 Å². The molecule has 0 fully saturated rings. The molecule has 0 bridgehead atoms. The SMILES string of the molecule is COC(=O)COc1ccc(/C=N/NCc2c(Cl)cccc2Cl)cc1OC. The molecule has 2 aromatic carbocycles. The molecule has 0 aliphatic carbocycles. The van der Waals surface area contributed by atoms with Crippen molar-refractivity contribution in [1.29, 1.82) is 0 Å². The van der Waals surface area contributed by atoms with Gasteiger partial charge in [-0.25, -0.2) is 4.79 Å². The predicted molar refractivity (Wildman–Crippen MR) is 101 cm³/mol. The third-order valence-electron chi connectivity index (χ3n) is 3.38. The summed E-state index contributed by atoms with van der Waals surface area (Å²) in [5, 5.41) is 5.30. The van der Waals surface area contributed by atoms with Crippen molar-refractivity contribution in [2.75, 3.05) is 20.8 Å². The van der Waals surface area contributed by atoms with Gasteiger partial charge in [0.05, 0.1) is 27.0 Å². The van der Waals surface area contributed by atoms with Gasteiger partial charge < -0.3 is 19.6 Å². The van der Waals surface area contributed by atoms with Crippen molar-refractivity contribution in [3.8, 4) is 11.5 Å². The molecular formula is C18H18Cl2N2O4. The van der Waals surface area contributed by atoms with Crippen LogP contribution < -0.4 is 14.9 Å². The Morgan fingerprint density at radius 1 is 1.15 bits per heavy atom. The molecule has 138 valence electrons. The summed E-state index contributed by atoms with van der Waals surface area (Å²) >= 11 is 12.2. The van der Waals surface area contributed by atoms with Gasteiger partial charge in [-0.05, 0) is 35.9 Å². The van der Waals surface area contributed by atoms with Crippen molar-refractivity contribution in [3.05, 3.63) is 57.6 Å². The lowest BCUT2D eigenvalue weighted by molar-refractivity contribution is -0.142. The first-order valence-electron chi connectivity index (χ1n) is 7.61. The lowest BCUT2D eigenvalue weighted by atomic mass is 10.2. The largest absolute Gasteiger partial charge is 0.493 e. The minimum atomic E-state index is -0.472. The molecule has 2 rings (SSSR count). The molecule has 0 spiro atoms. The molecule has 0 saturated heterocycles. The van der Waals surface area contributed by atoms with Gasteiger partial charge in [0, 0.05) is 15.6 Å². The van der Waals surface area contributed by atoms with Crippen LogP contribution in [0.15, 0.2) is 41.5 Å². The zero-order valence-electron chi connectivity index (χ0n) is 14.3. The summed E-state index contributed by atoms with van der Waals surface area (Å²) < 4.78 is 15.2. The van der Waals surface area contributed by atoms with Crippen LogP contribution in [0.25, 0.3) is 0 Å². The van der Waals surface area contributed by atoms with Crippen LogP contribution in [-0.4, -0.2) is 33.0 Å². The number of ether oxygens (including phenoxy) is 3. The van der Waals surface area contributed by atoms with E-state index in [4.69, 9.17) is 32.7 Å². The fraction of sp³-hybridized carbons (Fsp3) is 0.222. The number of esters is 1. The summed E-state index contributed by atoms with van der Waals surface area (Å²) in [4.78, 5) is 11.2. The average molecular weight is 397 g/mol. The van der Waals surface area contributed by atoms with Crippen LogP contribution in [0, 0.1) is 0 Å². The van der Waals surface area contributed by atoms with Crippen molar-refractivity contribution in [2.45, 2.75) is 6.54 Å². The molecule has 0 atom stereocenters. The highest BCUT2D eigenvalue weighted by atomic mass is 35.5. The number of hydrogen-bond acceptors (Lipinski definition) is 6. The van der Waals surface area contributed by atoms with Crippen LogP contribution >= 0.6 is 23.2 Å². The molecular weight excluding hydrogens is 379 g/mol. The third kappa shape index (κ3) is 5.54. The highest BCUT2D eigenvalue weighted by Crippen LogP contribution is 2.27. The zero-order chi connectivity index (χ0) is 18.9. The Kier molecular flexibility index (Phi) is 7.56. The second kappa shape index (κ2) is 9.89. The Morgan fingerprint density at radius 3 is 2.54 bits per heavy atom. The summed E-state index contributed by atoms with van der Waals surface area (Å²) in [6.45, 7) is 0.201. The molecule has 0 amide bonds. The zero-order valence-corrected chi connectivity index (χ0v) is 15.8. The molecule has 0 unspecified atom stereocenters. The molecule has 8 heteroatoms. The highest BCUT2D eigenvalue weighted by molar-refractivity contribution is 6.35. The van der Waals surface area contributed by atoms with Crippen molar-refractivity contribution in [2.24, 2.45) is 5.10 Å². The Morgan fingerprint density at radius 2 is 1.88 bits per heavy atom. The lowest BCUT2D eigenvalue weighted by Crippen LogP contribution is -2.13. The fourth-order valence-electron chi connectivity index (χ4n) is 2.03. The summed E-state index contributed by atoms with van der Waals surface area (Å²) in [7, 11) is 2.81. The molecule has 6 nitrogen and oxygen atoms in total. The summed E-state index contributed by atoms with van der Waals surface area (Å²) in [6, 6.07) is 10.5. The van der Waals surface area contributed by atoms with Gasteiger partial charge in [-0.3, -0.25) is 0 Å². The topological polar surface area (TPSA) is 69.2 Å². The minimum absolute atomic E-state index is 0.194. The van der Waals surface area contributed by atoms with Crippen LogP contribution in [0.4, 0.5) is 0 Å². The summed E-state index contributed by atoms with van der Waals surface area (Å²) in [5.41, 5.74) is 4.46. The Hall–Kier alpha value is -2.44. The molecule has 0 saturated carbocycles. The second-order valence-corrected chi connectivity index (χ2v) is 5.88. The number of methoxy groups -OCH3 is 2. The number of nitrogens with one attached hydrogen (secondary N) is 1. The Labute approximate surface area is 161 Å². The van der Waals surface area contributed by atoms with E-state index in [-0.39, 0.29) is 6.61 Å². The van der Waals surface area contributed by atoms with E-state index in [1.807, 2.05) is 0 Å². The first-order chi connectivity index (χ1) is 12.5. The van der Waals surface area contributed by atoms with Crippen LogP contribution in [0.5, 0.6) is 11.5 Å². The predicted octanol–water partition coefficient (Wildman–Crippen LogP) is 3.68. The Bertz CT molecular complexity index is 777. The van der Waals surface area contributed by atoms with Crippen molar-refractivity contribution in [1.82, 2.24) is 5.43 Å². The highest BCUT2D eigenvalue weighted by Gasteiger charge is 2.08. The first-order valence-corrected chi connectivity index (χ1v) is 8.37. The normalized spacial score (nSPS) is 10.6. The number of nitrogens with zero attached hydrogens (tertiary/aromatic N) is 1. The number of halogens is 2. The molecule has 0 aromatic heterocycles. The van der Waals surface area contributed by atoms with Gasteiger partial charge >= 0.3 is 5.97 Å². The summed E-state index contributed by atoms with van der Waals surface area (Å²) in [5.74, 6) is 0.443. The van der Waals surface area contributed by atoms with Gasteiger partial charge in [0.1, 0.15) is 0 Å². The fourth-order valence-corrected chi connectivity index (χ4v) is 2.56. The molecule has 2 aromatic rings. The maximum atomic E-state index is 11.2. The van der Waals surface area contributed by atoms with E-state index >= 15 is 0 Å². The third-order valence-corrected chi connectivity index (χ3v) is 4.09. The van der Waals surface area contributed by atoms with E-state index < -0.39 is 5.97 Å². The average Bonchev–Trinajstić information content (AvgIpc) is 2.65. The standard InChI is InChI=1S/C18H18Cl2N2O4/c1-24-17-8-12(6-7-16(17)26-11-18(23)25-2)9-21-22-10-13-14(19)4-3-5-15(13)20/h3-9,22H,10-11H2,1-2H3/b21-9+. The van der Waals surface area contributed by atoms with E-state index in [2.05, 4.69) is 15.3 Å². The lowest BCUT2D eigenvalue weighted by Gasteiger charge is -2.10. The number of rotatable bonds is 8. The van der Waals surface area contributed by atoms with Crippen molar-refractivity contribution in [3.63, 3.8) is 0 Å². The smallest absolute Gasteiger partial charge is 0.343 e. The monoisotopic (exact) mass is 396 g/mol. The minimum Gasteiger partial charge on any atom is -0.493 e. The van der Waals surface area contributed by atoms with Gasteiger partial charge in [0.2, 0.25) is 0 Å². The molecule has 0 aliphatic heterocycles. The van der Waals surface area contributed by atoms with Crippen LogP contribution in [0.3, 0.4) is 0 Å². The molecule has 0 aliphatic rings. The molecule has 0 radical (unpaired) electrons. The Balaban J connectivity index is 1.98. The van der Waals surface area contributed by atoms with Crippen LogP contribution in [-0.2, 0) is 16.1 Å². The van der Waals surface area contributed by atoms with Gasteiger partial charge in [-0.1, -0.05) is 29.3 Å². The number of hydrogen-bond donors (Lipinski definition) is 1. The number of carbonyl (C=O) groups is 1. The van der Waals surface area contributed by atoms with Gasteiger partial charge in [0.15, 0.2) is 18.1 Å². The van der Waals surface area contributed by atoms with E-state index in [0.29, 0.717) is 28.1 Å². The van der Waals surface area contributed by atoms with Crippen LogP contribution in [0.1, 0.15) is 11.1 Å². The number of benzene rings is 2.